The molecule has 0 saturated carbocycles. The first-order valence-electron chi connectivity index (χ1n) is 5.12. The van der Waals surface area contributed by atoms with Crippen LogP contribution in [0.2, 0.25) is 0 Å². The van der Waals surface area contributed by atoms with Gasteiger partial charge in [0.05, 0.1) is 5.41 Å². The van der Waals surface area contributed by atoms with Crippen LogP contribution in [0.3, 0.4) is 0 Å². The fourth-order valence-corrected chi connectivity index (χ4v) is 2.25. The van der Waals surface area contributed by atoms with Gasteiger partial charge in [-0.1, -0.05) is 20.3 Å². The second-order valence-electron chi connectivity index (χ2n) is 4.22. The van der Waals surface area contributed by atoms with Crippen molar-refractivity contribution in [1.29, 1.82) is 0 Å². The van der Waals surface area contributed by atoms with Crippen molar-refractivity contribution < 1.29 is 4.79 Å². The summed E-state index contributed by atoms with van der Waals surface area (Å²) in [5.74, 6) is 0.299. The Labute approximate surface area is 92.2 Å². The molecular formula is C10H21ClN2O. The van der Waals surface area contributed by atoms with Gasteiger partial charge in [0.2, 0.25) is 5.91 Å². The van der Waals surface area contributed by atoms with Crippen LogP contribution in [-0.2, 0) is 4.79 Å². The smallest absolute Gasteiger partial charge is 0.223 e. The van der Waals surface area contributed by atoms with Gasteiger partial charge in [0.15, 0.2) is 0 Å². The number of nitrogens with two attached hydrogens (primary N) is 1. The lowest BCUT2D eigenvalue weighted by Gasteiger charge is -2.31. The Hall–Kier alpha value is -0.280. The highest BCUT2D eigenvalue weighted by atomic mass is 35.5. The van der Waals surface area contributed by atoms with Gasteiger partial charge in [-0.3, -0.25) is 4.79 Å². The molecule has 1 fully saturated rings. The van der Waals surface area contributed by atoms with Gasteiger partial charge in [-0.05, 0) is 31.8 Å². The van der Waals surface area contributed by atoms with Crippen LogP contribution >= 0.6 is 12.4 Å². The Morgan fingerprint density at radius 2 is 2.29 bits per heavy atom. The van der Waals surface area contributed by atoms with E-state index >= 15 is 0 Å². The summed E-state index contributed by atoms with van der Waals surface area (Å²) in [6, 6.07) is 0. The molecule has 1 rings (SSSR count). The Morgan fingerprint density at radius 1 is 1.64 bits per heavy atom. The van der Waals surface area contributed by atoms with E-state index in [0.29, 0.717) is 5.92 Å². The van der Waals surface area contributed by atoms with Gasteiger partial charge in [0, 0.05) is 0 Å². The topological polar surface area (TPSA) is 55.1 Å². The molecule has 0 bridgehead atoms. The summed E-state index contributed by atoms with van der Waals surface area (Å²) < 4.78 is 0. The molecule has 84 valence electrons. The summed E-state index contributed by atoms with van der Waals surface area (Å²) in [6.07, 6.45) is 3.02. The number of carbonyl (C=O) groups is 1. The first kappa shape index (κ1) is 13.7. The fraction of sp³-hybridized carbons (Fsp3) is 0.900. The normalized spacial score (nSPS) is 25.1. The maximum atomic E-state index is 11.4. The van der Waals surface area contributed by atoms with E-state index in [0.717, 1.165) is 32.4 Å². The molecule has 3 nitrogen and oxygen atoms in total. The van der Waals surface area contributed by atoms with Crippen LogP contribution in [0.25, 0.3) is 0 Å². The van der Waals surface area contributed by atoms with Crippen LogP contribution in [-0.4, -0.2) is 19.0 Å². The number of amides is 1. The molecule has 4 heteroatoms. The molecule has 1 amide bonds. The van der Waals surface area contributed by atoms with E-state index in [1.165, 1.54) is 0 Å². The van der Waals surface area contributed by atoms with E-state index in [1.807, 2.05) is 6.92 Å². The molecule has 1 saturated heterocycles. The van der Waals surface area contributed by atoms with Crippen LogP contribution in [0.1, 0.15) is 33.1 Å². The number of halogens is 1. The van der Waals surface area contributed by atoms with Gasteiger partial charge < -0.3 is 11.1 Å². The van der Waals surface area contributed by atoms with E-state index in [-0.39, 0.29) is 23.7 Å². The molecule has 1 aliphatic heterocycles. The van der Waals surface area contributed by atoms with E-state index in [1.54, 1.807) is 0 Å². The minimum Gasteiger partial charge on any atom is -0.369 e. The molecule has 0 aliphatic carbocycles. The van der Waals surface area contributed by atoms with Crippen molar-refractivity contribution in [3.63, 3.8) is 0 Å². The Balaban J connectivity index is 0.00000169. The third-order valence-corrected chi connectivity index (χ3v) is 3.29. The zero-order valence-corrected chi connectivity index (χ0v) is 9.82. The lowest BCUT2D eigenvalue weighted by molar-refractivity contribution is -0.130. The Morgan fingerprint density at radius 3 is 2.64 bits per heavy atom. The molecule has 14 heavy (non-hydrogen) atoms. The number of rotatable bonds is 4. The first-order chi connectivity index (χ1) is 6.11. The van der Waals surface area contributed by atoms with Crippen LogP contribution in [0.15, 0.2) is 0 Å². The lowest BCUT2D eigenvalue weighted by Crippen LogP contribution is -2.41. The number of carbonyl (C=O) groups excluding carboxylic acids is 1. The van der Waals surface area contributed by atoms with Gasteiger partial charge in [-0.15, -0.1) is 12.4 Å². The molecule has 3 N–H and O–H groups in total. The minimum atomic E-state index is -0.293. The highest BCUT2D eigenvalue weighted by Gasteiger charge is 2.39. The van der Waals surface area contributed by atoms with Crippen molar-refractivity contribution in [3.8, 4) is 0 Å². The van der Waals surface area contributed by atoms with Gasteiger partial charge >= 0.3 is 0 Å². The van der Waals surface area contributed by atoms with Crippen molar-refractivity contribution in [3.05, 3.63) is 0 Å². The van der Waals surface area contributed by atoms with Crippen LogP contribution in [0, 0.1) is 11.3 Å². The molecule has 1 aliphatic rings. The zero-order valence-electron chi connectivity index (χ0n) is 9.01. The number of hydrogen-bond acceptors (Lipinski definition) is 2. The third-order valence-electron chi connectivity index (χ3n) is 3.29. The van der Waals surface area contributed by atoms with E-state index in [9.17, 15) is 4.79 Å². The van der Waals surface area contributed by atoms with E-state index in [2.05, 4.69) is 12.2 Å². The maximum Gasteiger partial charge on any atom is 0.223 e. The fourth-order valence-electron chi connectivity index (χ4n) is 2.25. The summed E-state index contributed by atoms with van der Waals surface area (Å²) in [7, 11) is 0. The number of primary amides is 1. The molecule has 0 radical (unpaired) electrons. The van der Waals surface area contributed by atoms with Crippen LogP contribution in [0.5, 0.6) is 0 Å². The van der Waals surface area contributed by atoms with Crippen molar-refractivity contribution in [2.24, 2.45) is 17.1 Å². The number of hydrogen-bond donors (Lipinski definition) is 2. The molecule has 0 aromatic heterocycles. The van der Waals surface area contributed by atoms with Crippen molar-refractivity contribution in [2.45, 2.75) is 33.1 Å². The van der Waals surface area contributed by atoms with Gasteiger partial charge in [-0.25, -0.2) is 0 Å². The largest absolute Gasteiger partial charge is 0.369 e. The zero-order chi connectivity index (χ0) is 9.90. The quantitative estimate of drug-likeness (QED) is 0.751. The van der Waals surface area contributed by atoms with Crippen LogP contribution in [0.4, 0.5) is 0 Å². The van der Waals surface area contributed by atoms with Crippen molar-refractivity contribution >= 4 is 18.3 Å². The van der Waals surface area contributed by atoms with Crippen molar-refractivity contribution in [1.82, 2.24) is 5.32 Å². The monoisotopic (exact) mass is 220 g/mol. The van der Waals surface area contributed by atoms with E-state index in [4.69, 9.17) is 5.73 Å². The highest BCUT2D eigenvalue weighted by Crippen LogP contribution is 2.35. The summed E-state index contributed by atoms with van der Waals surface area (Å²) in [6.45, 7) is 6.08. The Bertz CT molecular complexity index is 193. The minimum absolute atomic E-state index is 0. The van der Waals surface area contributed by atoms with Gasteiger partial charge in [0.1, 0.15) is 0 Å². The van der Waals surface area contributed by atoms with Gasteiger partial charge in [-0.2, -0.15) is 0 Å². The molecule has 0 aromatic carbocycles. The second kappa shape index (κ2) is 5.56. The average molecular weight is 221 g/mol. The molecule has 1 heterocycles. The summed E-state index contributed by atoms with van der Waals surface area (Å²) in [5, 5.41) is 3.28. The molecular weight excluding hydrogens is 200 g/mol. The molecule has 0 aromatic rings. The summed E-state index contributed by atoms with van der Waals surface area (Å²) >= 11 is 0. The third kappa shape index (κ3) is 2.61. The van der Waals surface area contributed by atoms with Crippen LogP contribution < -0.4 is 11.1 Å². The summed E-state index contributed by atoms with van der Waals surface area (Å²) in [5.41, 5.74) is 5.18. The molecule has 0 spiro atoms. The highest BCUT2D eigenvalue weighted by molar-refractivity contribution is 5.85. The Kier molecular flexibility index (Phi) is 5.45. The first-order valence-corrected chi connectivity index (χ1v) is 5.12. The maximum absolute atomic E-state index is 11.4. The lowest BCUT2D eigenvalue weighted by atomic mass is 9.73. The van der Waals surface area contributed by atoms with Crippen molar-refractivity contribution in [2.75, 3.05) is 13.1 Å². The van der Waals surface area contributed by atoms with Gasteiger partial charge in [0.25, 0.3) is 0 Å². The summed E-state index contributed by atoms with van der Waals surface area (Å²) in [4.78, 5) is 11.4. The SMILES string of the molecule is CCC[C@](C)(C(N)=O)[C@@H]1CCNC1.Cl. The van der Waals surface area contributed by atoms with E-state index < -0.39 is 0 Å². The standard InChI is InChI=1S/C10H20N2O.ClH/c1-3-5-10(2,9(11)13)8-4-6-12-7-8;/h8,12H,3-7H2,1-2H3,(H2,11,13);1H/t8-,10+;/m1./s1. The second-order valence-corrected chi connectivity index (χ2v) is 4.22. The number of nitrogens with one attached hydrogen (secondary N) is 1. The predicted molar refractivity (Wildman–Crippen MR) is 60.4 cm³/mol. The predicted octanol–water partition coefficient (Wildman–Crippen LogP) is 1.31. The molecule has 2 atom stereocenters. The average Bonchev–Trinajstić information content (AvgIpc) is 2.56. The molecule has 0 unspecified atom stereocenters.